The van der Waals surface area contributed by atoms with Gasteiger partial charge in [-0.1, -0.05) is 34.1 Å². The van der Waals surface area contributed by atoms with Gasteiger partial charge in [-0.15, -0.1) is 0 Å². The molecule has 1 unspecified atom stereocenters. The van der Waals surface area contributed by atoms with Gasteiger partial charge >= 0.3 is 0 Å². The van der Waals surface area contributed by atoms with Gasteiger partial charge in [0.15, 0.2) is 0 Å². The summed E-state index contributed by atoms with van der Waals surface area (Å²) in [4.78, 5) is 7.65. The number of aromatic amines is 1. The molecule has 1 heterocycles. The second-order valence-electron chi connectivity index (χ2n) is 3.23. The molecule has 4 heteroatoms. The van der Waals surface area contributed by atoms with Crippen molar-refractivity contribution in [1.29, 1.82) is 0 Å². The van der Waals surface area contributed by atoms with E-state index in [1.54, 1.807) is 6.20 Å². The van der Waals surface area contributed by atoms with Crippen molar-refractivity contribution in [3.8, 4) is 0 Å². The van der Waals surface area contributed by atoms with Gasteiger partial charge in [0.25, 0.3) is 0 Å². The van der Waals surface area contributed by atoms with Crippen LogP contribution in [0.2, 0.25) is 0 Å². The molecule has 0 spiro atoms. The van der Waals surface area contributed by atoms with Gasteiger partial charge in [-0.2, -0.15) is 0 Å². The molecule has 0 saturated carbocycles. The highest BCUT2D eigenvalue weighted by atomic mass is 127. The fourth-order valence-electron chi connectivity index (χ4n) is 1.42. The zero-order chi connectivity index (χ0) is 10.7. The van der Waals surface area contributed by atoms with Crippen molar-refractivity contribution in [2.24, 2.45) is 0 Å². The first-order valence-corrected chi connectivity index (χ1v) is 6.63. The predicted molar refractivity (Wildman–Crippen MR) is 73.1 cm³/mol. The van der Waals surface area contributed by atoms with Gasteiger partial charge in [0, 0.05) is 27.2 Å². The molecule has 1 aromatic heterocycles. The minimum atomic E-state index is 0.316. The second kappa shape index (κ2) is 5.12. The molecular weight excluding hydrogens is 367 g/mol. The lowest BCUT2D eigenvalue weighted by atomic mass is 10.1. The molecule has 0 saturated heterocycles. The summed E-state index contributed by atoms with van der Waals surface area (Å²) in [6.45, 7) is 0. The minimum absolute atomic E-state index is 0.316. The van der Waals surface area contributed by atoms with E-state index in [-0.39, 0.29) is 0 Å². The van der Waals surface area contributed by atoms with Crippen LogP contribution in [0.5, 0.6) is 0 Å². The third-order valence-corrected chi connectivity index (χ3v) is 3.97. The summed E-state index contributed by atoms with van der Waals surface area (Å²) < 4.78 is 1.28. The van der Waals surface area contributed by atoms with Gasteiger partial charge in [-0.3, -0.25) is 0 Å². The van der Waals surface area contributed by atoms with Crippen LogP contribution in [0.4, 0.5) is 0 Å². The zero-order valence-electron chi connectivity index (χ0n) is 7.95. The molecule has 2 aromatic rings. The summed E-state index contributed by atoms with van der Waals surface area (Å²) in [5.74, 6) is 1.01. The lowest BCUT2D eigenvalue weighted by Crippen LogP contribution is -1.99. The summed E-state index contributed by atoms with van der Waals surface area (Å²) >= 11 is 6.05. The lowest BCUT2D eigenvalue weighted by molar-refractivity contribution is 0.872. The monoisotopic (exact) mass is 376 g/mol. The summed E-state index contributed by atoms with van der Waals surface area (Å²) in [6.07, 6.45) is 4.52. The molecule has 0 aliphatic heterocycles. The van der Waals surface area contributed by atoms with Crippen LogP contribution in [-0.2, 0) is 6.42 Å². The highest BCUT2D eigenvalue weighted by molar-refractivity contribution is 14.1. The molecular formula is C11H10BrIN2. The topological polar surface area (TPSA) is 28.7 Å². The number of halogens is 2. The van der Waals surface area contributed by atoms with Crippen LogP contribution < -0.4 is 0 Å². The Labute approximate surface area is 111 Å². The third-order valence-electron chi connectivity index (χ3n) is 2.17. The number of nitrogens with zero attached hydrogens (tertiary/aromatic N) is 1. The van der Waals surface area contributed by atoms with Crippen LogP contribution in [0.15, 0.2) is 36.7 Å². The SMILES string of the molecule is BrC(Cc1ncc[nH]1)c1ccccc1I. The van der Waals surface area contributed by atoms with Crippen molar-refractivity contribution < 1.29 is 0 Å². The number of imidazole rings is 1. The lowest BCUT2D eigenvalue weighted by Gasteiger charge is -2.10. The van der Waals surface area contributed by atoms with Crippen molar-refractivity contribution in [3.63, 3.8) is 0 Å². The van der Waals surface area contributed by atoms with Crippen LogP contribution in [0.3, 0.4) is 0 Å². The Hall–Kier alpha value is -0.360. The molecule has 0 fully saturated rings. The van der Waals surface area contributed by atoms with Crippen molar-refractivity contribution >= 4 is 38.5 Å². The first-order valence-electron chi connectivity index (χ1n) is 4.64. The first kappa shape index (κ1) is 11.1. The normalized spacial score (nSPS) is 12.7. The summed E-state index contributed by atoms with van der Waals surface area (Å²) in [6, 6.07) is 8.38. The number of H-pyrrole nitrogens is 1. The number of nitrogens with one attached hydrogen (secondary N) is 1. The van der Waals surface area contributed by atoms with Gasteiger partial charge in [0.2, 0.25) is 0 Å². The van der Waals surface area contributed by atoms with Crippen LogP contribution in [0.25, 0.3) is 0 Å². The molecule has 2 nitrogen and oxygen atoms in total. The van der Waals surface area contributed by atoms with Gasteiger partial charge in [-0.05, 0) is 34.2 Å². The number of alkyl halides is 1. The number of hydrogen-bond acceptors (Lipinski definition) is 1. The molecule has 0 amide bonds. The summed E-state index contributed by atoms with van der Waals surface area (Å²) in [7, 11) is 0. The average Bonchev–Trinajstić information content (AvgIpc) is 2.71. The van der Waals surface area contributed by atoms with E-state index in [0.717, 1.165) is 12.2 Å². The number of aromatic nitrogens is 2. The molecule has 0 bridgehead atoms. The maximum atomic E-state index is 4.22. The fraction of sp³-hybridized carbons (Fsp3) is 0.182. The largest absolute Gasteiger partial charge is 0.349 e. The molecule has 1 N–H and O–H groups in total. The summed E-state index contributed by atoms with van der Waals surface area (Å²) in [5, 5.41) is 0. The Morgan fingerprint density at radius 1 is 1.40 bits per heavy atom. The van der Waals surface area contributed by atoms with Gasteiger partial charge < -0.3 is 4.98 Å². The van der Waals surface area contributed by atoms with E-state index in [9.17, 15) is 0 Å². The van der Waals surface area contributed by atoms with Crippen molar-refractivity contribution in [1.82, 2.24) is 9.97 Å². The Morgan fingerprint density at radius 2 is 2.20 bits per heavy atom. The van der Waals surface area contributed by atoms with Crippen LogP contribution in [0.1, 0.15) is 16.2 Å². The average molecular weight is 377 g/mol. The Bertz CT molecular complexity index is 428. The van der Waals surface area contributed by atoms with E-state index in [2.05, 4.69) is 72.8 Å². The van der Waals surface area contributed by atoms with Gasteiger partial charge in [0.1, 0.15) is 5.82 Å². The molecule has 0 aliphatic carbocycles. The van der Waals surface area contributed by atoms with E-state index in [4.69, 9.17) is 0 Å². The standard InChI is InChI=1S/C11H10BrIN2/c12-9(7-11-14-5-6-15-11)8-3-1-2-4-10(8)13/h1-6,9H,7H2,(H,14,15). The molecule has 0 aliphatic rings. The second-order valence-corrected chi connectivity index (χ2v) is 5.50. The minimum Gasteiger partial charge on any atom is -0.349 e. The molecule has 78 valence electrons. The Morgan fingerprint density at radius 3 is 2.87 bits per heavy atom. The van der Waals surface area contributed by atoms with Crippen LogP contribution in [-0.4, -0.2) is 9.97 Å². The Kier molecular flexibility index (Phi) is 3.80. The highest BCUT2D eigenvalue weighted by Crippen LogP contribution is 2.29. The maximum absolute atomic E-state index is 4.22. The molecule has 2 rings (SSSR count). The van der Waals surface area contributed by atoms with Crippen molar-refractivity contribution in [2.75, 3.05) is 0 Å². The Balaban J connectivity index is 2.15. The fourth-order valence-corrected chi connectivity index (χ4v) is 3.32. The number of hydrogen-bond donors (Lipinski definition) is 1. The van der Waals surface area contributed by atoms with E-state index < -0.39 is 0 Å². The number of benzene rings is 1. The van der Waals surface area contributed by atoms with E-state index in [1.165, 1.54) is 9.13 Å². The first-order chi connectivity index (χ1) is 7.27. The summed E-state index contributed by atoms with van der Waals surface area (Å²) in [5.41, 5.74) is 1.31. The smallest absolute Gasteiger partial charge is 0.107 e. The van der Waals surface area contributed by atoms with Crippen LogP contribution in [0, 0.1) is 3.57 Å². The zero-order valence-corrected chi connectivity index (χ0v) is 11.7. The molecule has 0 radical (unpaired) electrons. The van der Waals surface area contributed by atoms with Crippen molar-refractivity contribution in [2.45, 2.75) is 11.2 Å². The third kappa shape index (κ3) is 2.81. The van der Waals surface area contributed by atoms with E-state index >= 15 is 0 Å². The van der Waals surface area contributed by atoms with Crippen molar-refractivity contribution in [3.05, 3.63) is 51.6 Å². The molecule has 15 heavy (non-hydrogen) atoms. The van der Waals surface area contributed by atoms with E-state index in [0.29, 0.717) is 4.83 Å². The highest BCUT2D eigenvalue weighted by Gasteiger charge is 2.12. The number of rotatable bonds is 3. The molecule has 1 aromatic carbocycles. The maximum Gasteiger partial charge on any atom is 0.107 e. The van der Waals surface area contributed by atoms with Gasteiger partial charge in [0.05, 0.1) is 0 Å². The predicted octanol–water partition coefficient (Wildman–Crippen LogP) is 3.69. The molecule has 1 atom stereocenters. The van der Waals surface area contributed by atoms with Crippen LogP contribution >= 0.6 is 38.5 Å². The quantitative estimate of drug-likeness (QED) is 0.642. The van der Waals surface area contributed by atoms with Gasteiger partial charge in [-0.25, -0.2) is 4.98 Å². The van der Waals surface area contributed by atoms with E-state index in [1.807, 2.05) is 6.20 Å².